The minimum absolute atomic E-state index is 0.0493. The molecule has 0 rings (SSSR count). The van der Waals surface area contributed by atoms with Crippen LogP contribution in [-0.4, -0.2) is 72.3 Å². The van der Waals surface area contributed by atoms with Crippen molar-refractivity contribution in [2.45, 2.75) is 212 Å². The van der Waals surface area contributed by atoms with E-state index in [0.29, 0.717) is 17.4 Å². The van der Waals surface area contributed by atoms with Gasteiger partial charge < -0.3 is 19.0 Å². The zero-order chi connectivity index (χ0) is 35.6. The number of unbranched alkanes of at least 4 members (excludes halogenated alkanes) is 26. The van der Waals surface area contributed by atoms with Crippen LogP contribution in [0.5, 0.6) is 0 Å². The third-order valence-electron chi connectivity index (χ3n) is 9.36. The molecule has 2 atom stereocenters. The maximum absolute atomic E-state index is 11.8. The van der Waals surface area contributed by atoms with Crippen molar-refractivity contribution >= 4 is 19.6 Å². The number of hydrogen-bond acceptors (Lipinski definition) is 4. The monoisotopic (exact) mass is 723 g/mol. The Morgan fingerprint density at radius 3 is 1.25 bits per heavy atom. The SMILES string of the molecule is CCCCCCCCCCCCCCCCOC(CSCCCCCCCCCCCCCCCC)CC(C[N+](C)(C)C)OP(=O)(O)O. The molecule has 0 bridgehead atoms. The number of hydrogen-bond donors (Lipinski definition) is 2. The maximum Gasteiger partial charge on any atom is 0.470 e. The fraction of sp³-hybridized carbons (Fsp3) is 1.00. The summed E-state index contributed by atoms with van der Waals surface area (Å²) >= 11 is 1.93. The molecule has 0 spiro atoms. The van der Waals surface area contributed by atoms with Crippen molar-refractivity contribution in [1.29, 1.82) is 0 Å². The van der Waals surface area contributed by atoms with Gasteiger partial charge in [0.25, 0.3) is 0 Å². The number of rotatable bonds is 39. The van der Waals surface area contributed by atoms with Gasteiger partial charge in [-0.05, 0) is 18.6 Å². The van der Waals surface area contributed by atoms with Gasteiger partial charge in [-0.25, -0.2) is 4.57 Å². The number of quaternary nitrogens is 1. The highest BCUT2D eigenvalue weighted by Gasteiger charge is 2.30. The molecule has 0 radical (unpaired) electrons. The van der Waals surface area contributed by atoms with Crippen LogP contribution in [-0.2, 0) is 13.8 Å². The summed E-state index contributed by atoms with van der Waals surface area (Å²) in [6.07, 6.45) is 37.9. The number of ether oxygens (including phenoxy) is 1. The van der Waals surface area contributed by atoms with Crippen molar-refractivity contribution in [3.63, 3.8) is 0 Å². The van der Waals surface area contributed by atoms with Gasteiger partial charge in [0.1, 0.15) is 12.6 Å². The molecule has 0 amide bonds. The third-order valence-corrected chi connectivity index (χ3v) is 11.1. The smallest absolute Gasteiger partial charge is 0.377 e. The molecule has 0 aliphatic carbocycles. The van der Waals surface area contributed by atoms with Crippen molar-refractivity contribution in [3.8, 4) is 0 Å². The molecule has 0 aliphatic heterocycles. The van der Waals surface area contributed by atoms with E-state index in [1.54, 1.807) is 0 Å². The van der Waals surface area contributed by atoms with Gasteiger partial charge in [-0.1, -0.05) is 181 Å². The van der Waals surface area contributed by atoms with Gasteiger partial charge in [0, 0.05) is 18.8 Å². The first-order valence-corrected chi connectivity index (χ1v) is 23.5. The zero-order valence-electron chi connectivity index (χ0n) is 32.9. The Labute approximate surface area is 304 Å². The summed E-state index contributed by atoms with van der Waals surface area (Å²) < 4.78 is 24.0. The molecule has 8 heteroatoms. The second-order valence-corrected chi connectivity index (χ2v) is 18.0. The molecular formula is C40H85NO5PS+. The largest absolute Gasteiger partial charge is 0.470 e. The van der Waals surface area contributed by atoms with E-state index in [2.05, 4.69) is 13.8 Å². The number of thioether (sulfide) groups is 1. The van der Waals surface area contributed by atoms with Gasteiger partial charge in [0.15, 0.2) is 0 Å². The molecule has 0 aliphatic rings. The Morgan fingerprint density at radius 1 is 0.542 bits per heavy atom. The van der Waals surface area contributed by atoms with Crippen LogP contribution in [0.4, 0.5) is 0 Å². The van der Waals surface area contributed by atoms with E-state index in [1.807, 2.05) is 32.9 Å². The minimum Gasteiger partial charge on any atom is -0.377 e. The van der Waals surface area contributed by atoms with E-state index < -0.39 is 13.9 Å². The number of likely N-dealkylation sites (N-methyl/N-ethyl adjacent to an activating group) is 1. The highest BCUT2D eigenvalue weighted by atomic mass is 32.2. The van der Waals surface area contributed by atoms with Crippen molar-refractivity contribution in [3.05, 3.63) is 0 Å². The van der Waals surface area contributed by atoms with Crippen LogP contribution in [0.25, 0.3) is 0 Å². The average Bonchev–Trinajstić information content (AvgIpc) is 3.00. The van der Waals surface area contributed by atoms with Crippen molar-refractivity contribution in [2.75, 3.05) is 45.8 Å². The van der Waals surface area contributed by atoms with Gasteiger partial charge >= 0.3 is 7.82 Å². The summed E-state index contributed by atoms with van der Waals surface area (Å²) in [6.45, 7) is 5.82. The van der Waals surface area contributed by atoms with E-state index in [0.717, 1.165) is 24.5 Å². The Hall–Kier alpha value is 0.380. The van der Waals surface area contributed by atoms with Crippen LogP contribution in [0.3, 0.4) is 0 Å². The number of phosphoric ester groups is 1. The summed E-state index contributed by atoms with van der Waals surface area (Å²) in [6, 6.07) is 0. The number of phosphoric acid groups is 1. The van der Waals surface area contributed by atoms with Gasteiger partial charge in [-0.15, -0.1) is 0 Å². The zero-order valence-corrected chi connectivity index (χ0v) is 34.6. The van der Waals surface area contributed by atoms with Crippen LogP contribution in [0.15, 0.2) is 0 Å². The Kier molecular flexibility index (Phi) is 34.7. The predicted octanol–water partition coefficient (Wildman–Crippen LogP) is 12.6. The normalized spacial score (nSPS) is 13.7. The van der Waals surface area contributed by atoms with Crippen LogP contribution < -0.4 is 0 Å². The molecule has 290 valence electrons. The molecular weight excluding hydrogens is 637 g/mol. The van der Waals surface area contributed by atoms with Crippen LogP contribution >= 0.6 is 19.6 Å². The summed E-state index contributed by atoms with van der Waals surface area (Å²) in [5.74, 6) is 1.98. The van der Waals surface area contributed by atoms with Crippen LogP contribution in [0, 0.1) is 0 Å². The lowest BCUT2D eigenvalue weighted by Crippen LogP contribution is -2.43. The lowest BCUT2D eigenvalue weighted by atomic mass is 10.0. The molecule has 0 saturated heterocycles. The first-order valence-electron chi connectivity index (χ1n) is 20.8. The van der Waals surface area contributed by atoms with Crippen molar-refractivity contribution < 1.29 is 28.1 Å². The van der Waals surface area contributed by atoms with Crippen LogP contribution in [0.2, 0.25) is 0 Å². The average molecular weight is 723 g/mol. The first kappa shape index (κ1) is 48.4. The summed E-state index contributed by atoms with van der Waals surface area (Å²) in [5.41, 5.74) is 0. The molecule has 48 heavy (non-hydrogen) atoms. The molecule has 0 aromatic carbocycles. The second kappa shape index (κ2) is 34.5. The van der Waals surface area contributed by atoms with Gasteiger partial charge in [-0.2, -0.15) is 11.8 Å². The molecule has 0 saturated carbocycles. The van der Waals surface area contributed by atoms with E-state index in [-0.39, 0.29) is 6.10 Å². The fourth-order valence-electron chi connectivity index (χ4n) is 6.59. The third kappa shape index (κ3) is 39.2. The van der Waals surface area contributed by atoms with Gasteiger partial charge in [0.05, 0.1) is 27.2 Å². The molecule has 0 aromatic heterocycles. The number of nitrogens with zero attached hydrogens (tertiary/aromatic N) is 1. The molecule has 0 aromatic rings. The van der Waals surface area contributed by atoms with E-state index in [4.69, 9.17) is 9.26 Å². The van der Waals surface area contributed by atoms with Gasteiger partial charge in [0.2, 0.25) is 0 Å². The molecule has 0 fully saturated rings. The van der Waals surface area contributed by atoms with E-state index >= 15 is 0 Å². The highest BCUT2D eigenvalue weighted by Crippen LogP contribution is 2.39. The lowest BCUT2D eigenvalue weighted by Gasteiger charge is -2.31. The van der Waals surface area contributed by atoms with Gasteiger partial charge in [-0.3, -0.25) is 4.52 Å². The van der Waals surface area contributed by atoms with E-state index in [9.17, 15) is 14.4 Å². The molecule has 0 heterocycles. The summed E-state index contributed by atoms with van der Waals surface area (Å²) in [4.78, 5) is 19.2. The standard InChI is InChI=1S/C40H84NO5PS/c1-6-8-10-12-14-16-18-20-22-24-26-28-30-32-34-45-40(36-39(37-41(3,4)5)46-47(42,43)44)38-48-35-33-31-29-27-25-23-21-19-17-15-13-11-9-7-2/h39-40H,6-38H2,1-5H3,(H-,42,43,44)/p+1. The lowest BCUT2D eigenvalue weighted by molar-refractivity contribution is -0.873. The van der Waals surface area contributed by atoms with Crippen LogP contribution in [0.1, 0.15) is 200 Å². The Morgan fingerprint density at radius 2 is 0.896 bits per heavy atom. The van der Waals surface area contributed by atoms with Crippen molar-refractivity contribution in [2.24, 2.45) is 0 Å². The molecule has 2 N–H and O–H groups in total. The predicted molar refractivity (Wildman–Crippen MR) is 212 cm³/mol. The Bertz CT molecular complexity index is 702. The first-order chi connectivity index (χ1) is 23.1. The minimum atomic E-state index is -4.56. The quantitative estimate of drug-likeness (QED) is 0.0374. The van der Waals surface area contributed by atoms with Crippen molar-refractivity contribution in [1.82, 2.24) is 0 Å². The fourth-order valence-corrected chi connectivity index (χ4v) is 8.20. The maximum atomic E-state index is 11.8. The second-order valence-electron chi connectivity index (χ2n) is 15.7. The molecule has 6 nitrogen and oxygen atoms in total. The molecule has 2 unspecified atom stereocenters. The summed E-state index contributed by atoms with van der Waals surface area (Å²) in [7, 11) is 1.53. The summed E-state index contributed by atoms with van der Waals surface area (Å²) in [5, 5.41) is 0. The highest BCUT2D eigenvalue weighted by molar-refractivity contribution is 7.99. The topological polar surface area (TPSA) is 76.0 Å². The van der Waals surface area contributed by atoms with E-state index in [1.165, 1.54) is 173 Å². The Balaban J connectivity index is 4.24.